The third-order valence-corrected chi connectivity index (χ3v) is 2.76. The lowest BCUT2D eigenvalue weighted by Gasteiger charge is -2.16. The molecule has 1 aromatic rings. The standard InChI is InChI=1S/C10H15NO3S/c1-8(15(12)13)11-7-9-4-3-5-10(6-9)14-2/h3-6,8,11H,7H2,1-2H3,(H,12,13)/p-1. The topological polar surface area (TPSA) is 61.4 Å². The van der Waals surface area contributed by atoms with Gasteiger partial charge in [0, 0.05) is 6.54 Å². The van der Waals surface area contributed by atoms with E-state index in [1.807, 2.05) is 24.3 Å². The fraction of sp³-hybridized carbons (Fsp3) is 0.400. The maximum Gasteiger partial charge on any atom is 0.119 e. The molecule has 0 aliphatic rings. The van der Waals surface area contributed by atoms with Crippen LogP contribution >= 0.6 is 0 Å². The molecule has 0 spiro atoms. The van der Waals surface area contributed by atoms with Crippen molar-refractivity contribution in [2.75, 3.05) is 7.11 Å². The van der Waals surface area contributed by atoms with E-state index in [2.05, 4.69) is 5.32 Å². The lowest BCUT2D eigenvalue weighted by molar-refractivity contribution is 0.414. The van der Waals surface area contributed by atoms with Gasteiger partial charge < -0.3 is 14.6 Å². The molecule has 84 valence electrons. The van der Waals surface area contributed by atoms with Crippen LogP contribution in [0.2, 0.25) is 0 Å². The highest BCUT2D eigenvalue weighted by molar-refractivity contribution is 7.79. The molecule has 0 heterocycles. The Bertz CT molecular complexity index is 343. The minimum absolute atomic E-state index is 0.506. The van der Waals surface area contributed by atoms with Crippen LogP contribution in [0.5, 0.6) is 5.75 Å². The summed E-state index contributed by atoms with van der Waals surface area (Å²) in [7, 11) is 1.60. The van der Waals surface area contributed by atoms with Gasteiger partial charge in [0.05, 0.1) is 12.5 Å². The van der Waals surface area contributed by atoms with E-state index >= 15 is 0 Å². The van der Waals surface area contributed by atoms with Crippen molar-refractivity contribution in [1.29, 1.82) is 0 Å². The van der Waals surface area contributed by atoms with Crippen LogP contribution in [0.25, 0.3) is 0 Å². The molecule has 0 aliphatic carbocycles. The Morgan fingerprint density at radius 1 is 1.60 bits per heavy atom. The van der Waals surface area contributed by atoms with Crippen molar-refractivity contribution >= 4 is 11.1 Å². The maximum atomic E-state index is 10.6. The van der Waals surface area contributed by atoms with Gasteiger partial charge in [0.1, 0.15) is 5.75 Å². The largest absolute Gasteiger partial charge is 0.771 e. The van der Waals surface area contributed by atoms with Gasteiger partial charge in [-0.3, -0.25) is 4.21 Å². The van der Waals surface area contributed by atoms with Gasteiger partial charge in [-0.1, -0.05) is 12.1 Å². The predicted molar refractivity (Wildman–Crippen MR) is 58.2 cm³/mol. The molecule has 0 amide bonds. The van der Waals surface area contributed by atoms with Gasteiger partial charge in [-0.25, -0.2) is 0 Å². The second-order valence-corrected chi connectivity index (χ2v) is 4.36. The van der Waals surface area contributed by atoms with E-state index < -0.39 is 16.5 Å². The molecule has 0 aromatic heterocycles. The van der Waals surface area contributed by atoms with Crippen molar-refractivity contribution in [3.05, 3.63) is 29.8 Å². The van der Waals surface area contributed by atoms with E-state index in [-0.39, 0.29) is 0 Å². The third kappa shape index (κ3) is 3.99. The van der Waals surface area contributed by atoms with Crippen LogP contribution in [0.3, 0.4) is 0 Å². The van der Waals surface area contributed by atoms with Gasteiger partial charge in [0.2, 0.25) is 0 Å². The molecule has 0 fully saturated rings. The molecule has 0 aliphatic heterocycles. The lowest BCUT2D eigenvalue weighted by Crippen LogP contribution is -2.29. The first-order valence-corrected chi connectivity index (χ1v) is 5.71. The summed E-state index contributed by atoms with van der Waals surface area (Å²) in [5.74, 6) is 0.769. The summed E-state index contributed by atoms with van der Waals surface area (Å²) in [6.45, 7) is 2.11. The molecule has 0 saturated carbocycles. The van der Waals surface area contributed by atoms with Crippen LogP contribution in [-0.2, 0) is 17.6 Å². The molecule has 0 saturated heterocycles. The predicted octanol–water partition coefficient (Wildman–Crippen LogP) is 1.01. The number of benzene rings is 1. The van der Waals surface area contributed by atoms with Crippen LogP contribution in [0, 0.1) is 0 Å². The number of ether oxygens (including phenoxy) is 1. The Balaban J connectivity index is 2.53. The molecular weight excluding hydrogens is 214 g/mol. The van der Waals surface area contributed by atoms with Gasteiger partial charge in [0.25, 0.3) is 0 Å². The zero-order valence-electron chi connectivity index (χ0n) is 8.73. The minimum Gasteiger partial charge on any atom is -0.771 e. The van der Waals surface area contributed by atoms with E-state index in [9.17, 15) is 8.76 Å². The van der Waals surface area contributed by atoms with Crippen LogP contribution in [0.15, 0.2) is 24.3 Å². The monoisotopic (exact) mass is 228 g/mol. The van der Waals surface area contributed by atoms with Gasteiger partial charge in [0.15, 0.2) is 0 Å². The Labute approximate surface area is 91.9 Å². The van der Waals surface area contributed by atoms with Crippen molar-refractivity contribution in [3.63, 3.8) is 0 Å². The highest BCUT2D eigenvalue weighted by Gasteiger charge is 2.01. The van der Waals surface area contributed by atoms with Gasteiger partial charge in [-0.05, 0) is 35.7 Å². The van der Waals surface area contributed by atoms with Crippen LogP contribution in [-0.4, -0.2) is 21.2 Å². The summed E-state index contributed by atoms with van der Waals surface area (Å²) in [5, 5.41) is 2.34. The van der Waals surface area contributed by atoms with Gasteiger partial charge in [-0.2, -0.15) is 0 Å². The normalized spacial score (nSPS) is 14.6. The van der Waals surface area contributed by atoms with Crippen LogP contribution in [0.1, 0.15) is 12.5 Å². The first-order chi connectivity index (χ1) is 7.13. The average Bonchev–Trinajstić information content (AvgIpc) is 2.26. The molecule has 1 N–H and O–H groups in total. The van der Waals surface area contributed by atoms with Crippen LogP contribution < -0.4 is 10.1 Å². The quantitative estimate of drug-likeness (QED) is 0.764. The highest BCUT2D eigenvalue weighted by atomic mass is 32.2. The Kier molecular flexibility index (Phi) is 4.74. The molecule has 5 heteroatoms. The van der Waals surface area contributed by atoms with Crippen molar-refractivity contribution in [1.82, 2.24) is 5.32 Å². The lowest BCUT2D eigenvalue weighted by atomic mass is 10.2. The summed E-state index contributed by atoms with van der Waals surface area (Å²) in [6, 6.07) is 7.50. The van der Waals surface area contributed by atoms with E-state index in [0.29, 0.717) is 6.54 Å². The van der Waals surface area contributed by atoms with Crippen molar-refractivity contribution in [2.45, 2.75) is 18.8 Å². The zero-order valence-corrected chi connectivity index (χ0v) is 9.54. The number of nitrogens with one attached hydrogen (secondary N) is 1. The van der Waals surface area contributed by atoms with Gasteiger partial charge >= 0.3 is 0 Å². The summed E-state index contributed by atoms with van der Waals surface area (Å²) in [6.07, 6.45) is 0. The first-order valence-electron chi connectivity index (χ1n) is 4.58. The van der Waals surface area contributed by atoms with E-state index in [4.69, 9.17) is 4.74 Å². The molecule has 2 unspecified atom stereocenters. The number of rotatable bonds is 5. The fourth-order valence-corrected chi connectivity index (χ4v) is 1.33. The van der Waals surface area contributed by atoms with E-state index in [1.165, 1.54) is 0 Å². The molecule has 0 radical (unpaired) electrons. The summed E-state index contributed by atoms with van der Waals surface area (Å²) >= 11 is -2.08. The highest BCUT2D eigenvalue weighted by Crippen LogP contribution is 2.12. The second-order valence-electron chi connectivity index (χ2n) is 3.14. The average molecular weight is 228 g/mol. The number of methoxy groups -OCH3 is 1. The molecule has 2 atom stereocenters. The molecular formula is C10H14NO3S-. The Morgan fingerprint density at radius 2 is 2.33 bits per heavy atom. The fourth-order valence-electron chi connectivity index (χ4n) is 1.11. The molecule has 4 nitrogen and oxygen atoms in total. The van der Waals surface area contributed by atoms with Crippen molar-refractivity contribution in [3.8, 4) is 5.75 Å². The summed E-state index contributed by atoms with van der Waals surface area (Å²) in [5.41, 5.74) is 0.992. The SMILES string of the molecule is COc1cccc(CNC(C)S(=O)[O-])c1. The third-order valence-electron chi connectivity index (χ3n) is 2.02. The molecule has 1 aromatic carbocycles. The number of hydrogen-bond acceptors (Lipinski definition) is 4. The minimum atomic E-state index is -2.08. The Morgan fingerprint density at radius 3 is 2.93 bits per heavy atom. The van der Waals surface area contributed by atoms with Crippen molar-refractivity contribution in [2.24, 2.45) is 0 Å². The summed E-state index contributed by atoms with van der Waals surface area (Å²) in [4.78, 5) is 0. The van der Waals surface area contributed by atoms with Crippen molar-refractivity contribution < 1.29 is 13.5 Å². The van der Waals surface area contributed by atoms with E-state index in [0.717, 1.165) is 11.3 Å². The zero-order chi connectivity index (χ0) is 11.3. The summed E-state index contributed by atoms with van der Waals surface area (Å²) < 4.78 is 26.2. The maximum absolute atomic E-state index is 10.6. The number of hydrogen-bond donors (Lipinski definition) is 1. The van der Waals surface area contributed by atoms with Crippen LogP contribution in [0.4, 0.5) is 0 Å². The smallest absolute Gasteiger partial charge is 0.119 e. The van der Waals surface area contributed by atoms with E-state index in [1.54, 1.807) is 14.0 Å². The van der Waals surface area contributed by atoms with Gasteiger partial charge in [-0.15, -0.1) is 0 Å². The molecule has 15 heavy (non-hydrogen) atoms. The second kappa shape index (κ2) is 5.85. The molecule has 1 rings (SSSR count). The molecule has 0 bridgehead atoms. The first kappa shape index (κ1) is 12.2. The Hall–Kier alpha value is -0.910.